The Hall–Kier alpha value is -2.14. The molecule has 1 N–H and O–H groups in total. The van der Waals surface area contributed by atoms with Gasteiger partial charge in [-0.05, 0) is 47.7 Å². The van der Waals surface area contributed by atoms with Gasteiger partial charge in [0.2, 0.25) is 0 Å². The third-order valence-electron chi connectivity index (χ3n) is 4.50. The summed E-state index contributed by atoms with van der Waals surface area (Å²) in [6.07, 6.45) is 2.55. The quantitative estimate of drug-likeness (QED) is 0.789. The molecule has 1 aliphatic carbocycles. The fourth-order valence-corrected chi connectivity index (χ4v) is 3.99. The van der Waals surface area contributed by atoms with Crippen molar-refractivity contribution in [1.82, 2.24) is 4.90 Å². The second kappa shape index (κ2) is 6.77. The van der Waals surface area contributed by atoms with Gasteiger partial charge < -0.3 is 10.2 Å². The first kappa shape index (κ1) is 16.7. The van der Waals surface area contributed by atoms with Crippen LogP contribution in [0.1, 0.15) is 18.1 Å². The minimum absolute atomic E-state index is 0.0745. The van der Waals surface area contributed by atoms with E-state index in [1.807, 2.05) is 19.1 Å². The summed E-state index contributed by atoms with van der Waals surface area (Å²) >= 11 is 0. The molecule has 2 amide bonds. The smallest absolute Gasteiger partial charge is 0.321 e. The van der Waals surface area contributed by atoms with E-state index in [9.17, 15) is 9.00 Å². The number of nitrogens with zero attached hydrogens (tertiary/aromatic N) is 1. The lowest BCUT2D eigenvalue weighted by molar-refractivity contribution is 0.212. The highest BCUT2D eigenvalue weighted by molar-refractivity contribution is 7.84. The molecule has 0 unspecified atom stereocenters. The third kappa shape index (κ3) is 3.36. The molecule has 2 aromatic carbocycles. The zero-order valence-electron chi connectivity index (χ0n) is 14.2. The number of anilines is 1. The average molecular weight is 342 g/mol. The van der Waals surface area contributed by atoms with Crippen LogP contribution in [0.4, 0.5) is 10.5 Å². The number of rotatable bonds is 4. The first-order chi connectivity index (χ1) is 11.5. The van der Waals surface area contributed by atoms with Gasteiger partial charge >= 0.3 is 6.03 Å². The second-order valence-electron chi connectivity index (χ2n) is 6.34. The molecule has 2 atom stereocenters. The van der Waals surface area contributed by atoms with E-state index in [2.05, 4.69) is 35.6 Å². The van der Waals surface area contributed by atoms with Gasteiger partial charge in [-0.3, -0.25) is 4.21 Å². The molecule has 0 radical (unpaired) electrons. The Bertz CT molecular complexity index is 804. The number of carbonyl (C=O) groups is 1. The molecular formula is C19H22N2O2S. The van der Waals surface area contributed by atoms with Crippen LogP contribution in [0, 0.1) is 0 Å². The average Bonchev–Trinajstić information content (AvgIpc) is 2.91. The number of amides is 2. The van der Waals surface area contributed by atoms with Crippen LogP contribution >= 0.6 is 0 Å². The van der Waals surface area contributed by atoms with Crippen LogP contribution in [0.15, 0.2) is 42.5 Å². The van der Waals surface area contributed by atoms with Crippen LogP contribution in [0.3, 0.4) is 0 Å². The van der Waals surface area contributed by atoms with Crippen molar-refractivity contribution in [3.05, 3.63) is 53.6 Å². The molecule has 1 aliphatic rings. The zero-order chi connectivity index (χ0) is 17.3. The molecule has 0 aliphatic heterocycles. The summed E-state index contributed by atoms with van der Waals surface area (Å²) in [6.45, 7) is 1.90. The van der Waals surface area contributed by atoms with Gasteiger partial charge in [-0.2, -0.15) is 0 Å². The highest BCUT2D eigenvalue weighted by Crippen LogP contribution is 2.37. The molecule has 0 bridgehead atoms. The fourth-order valence-electron chi connectivity index (χ4n) is 3.09. The van der Waals surface area contributed by atoms with E-state index in [0.29, 0.717) is 5.75 Å². The van der Waals surface area contributed by atoms with Gasteiger partial charge in [-0.1, -0.05) is 30.3 Å². The standard InChI is InChI=1S/C19H22N2O2S/c1-13(12-24(3)23)21(2)19(22)20-16-8-9-18-15(11-16)10-14-6-4-5-7-17(14)18/h4-9,11,13H,10,12H2,1-3H3,(H,20,22)/t13-,24+/m0/s1. The lowest BCUT2D eigenvalue weighted by Crippen LogP contribution is -2.40. The number of urea groups is 1. The maximum atomic E-state index is 12.4. The lowest BCUT2D eigenvalue weighted by Gasteiger charge is -2.24. The molecular weight excluding hydrogens is 320 g/mol. The Morgan fingerprint density at radius 3 is 2.67 bits per heavy atom. The maximum absolute atomic E-state index is 12.4. The minimum atomic E-state index is -0.924. The van der Waals surface area contributed by atoms with Gasteiger partial charge in [-0.25, -0.2) is 4.79 Å². The molecule has 24 heavy (non-hydrogen) atoms. The lowest BCUT2D eigenvalue weighted by atomic mass is 10.1. The van der Waals surface area contributed by atoms with Gasteiger partial charge in [0.05, 0.1) is 0 Å². The van der Waals surface area contributed by atoms with E-state index in [0.717, 1.165) is 12.1 Å². The third-order valence-corrected chi connectivity index (χ3v) is 5.45. The number of fused-ring (bicyclic) bond motifs is 3. The first-order valence-electron chi connectivity index (χ1n) is 8.00. The molecule has 0 spiro atoms. The Balaban J connectivity index is 1.72. The maximum Gasteiger partial charge on any atom is 0.321 e. The molecule has 4 nitrogen and oxygen atoms in total. The van der Waals surface area contributed by atoms with Crippen molar-refractivity contribution < 1.29 is 9.00 Å². The van der Waals surface area contributed by atoms with Crippen LogP contribution in [0.5, 0.6) is 0 Å². The fraction of sp³-hybridized carbons (Fsp3) is 0.316. The highest BCUT2D eigenvalue weighted by atomic mass is 32.2. The van der Waals surface area contributed by atoms with E-state index in [1.165, 1.54) is 22.3 Å². The summed E-state index contributed by atoms with van der Waals surface area (Å²) in [7, 11) is 0.809. The summed E-state index contributed by atoms with van der Waals surface area (Å²) in [6, 6.07) is 14.2. The van der Waals surface area contributed by atoms with Gasteiger partial charge in [0, 0.05) is 41.6 Å². The largest absolute Gasteiger partial charge is 0.324 e. The molecule has 0 saturated heterocycles. The Kier molecular flexibility index (Phi) is 4.71. The van der Waals surface area contributed by atoms with E-state index in [-0.39, 0.29) is 12.1 Å². The topological polar surface area (TPSA) is 49.4 Å². The monoisotopic (exact) mass is 342 g/mol. The molecule has 0 aromatic heterocycles. The molecule has 3 rings (SSSR count). The van der Waals surface area contributed by atoms with Crippen LogP contribution in [0.25, 0.3) is 11.1 Å². The number of hydrogen-bond donors (Lipinski definition) is 1. The normalized spacial score (nSPS) is 14.5. The summed E-state index contributed by atoms with van der Waals surface area (Å²) in [5.74, 6) is 0.476. The number of benzene rings is 2. The second-order valence-corrected chi connectivity index (χ2v) is 7.82. The summed E-state index contributed by atoms with van der Waals surface area (Å²) < 4.78 is 11.3. The Labute approximate surface area is 145 Å². The van der Waals surface area contributed by atoms with Crippen LogP contribution in [0.2, 0.25) is 0 Å². The van der Waals surface area contributed by atoms with Gasteiger partial charge in [0.15, 0.2) is 0 Å². The van der Waals surface area contributed by atoms with Crippen LogP contribution in [-0.4, -0.2) is 40.2 Å². The van der Waals surface area contributed by atoms with Crippen molar-refractivity contribution in [3.8, 4) is 11.1 Å². The van der Waals surface area contributed by atoms with Crippen molar-refractivity contribution in [2.24, 2.45) is 0 Å². The van der Waals surface area contributed by atoms with Crippen molar-refractivity contribution in [2.45, 2.75) is 19.4 Å². The minimum Gasteiger partial charge on any atom is -0.324 e. The van der Waals surface area contributed by atoms with Crippen molar-refractivity contribution >= 4 is 22.5 Å². The highest BCUT2D eigenvalue weighted by Gasteiger charge is 2.20. The number of hydrogen-bond acceptors (Lipinski definition) is 2. The Morgan fingerprint density at radius 1 is 1.21 bits per heavy atom. The molecule has 0 fully saturated rings. The number of nitrogens with one attached hydrogen (secondary N) is 1. The van der Waals surface area contributed by atoms with E-state index >= 15 is 0 Å². The van der Waals surface area contributed by atoms with E-state index in [4.69, 9.17) is 0 Å². The molecule has 5 heteroatoms. The van der Waals surface area contributed by atoms with Gasteiger partial charge in [0.1, 0.15) is 0 Å². The van der Waals surface area contributed by atoms with Gasteiger partial charge in [-0.15, -0.1) is 0 Å². The first-order valence-corrected chi connectivity index (χ1v) is 9.73. The predicted molar refractivity (Wildman–Crippen MR) is 99.9 cm³/mol. The zero-order valence-corrected chi connectivity index (χ0v) is 15.0. The SMILES string of the molecule is C[C@@H](C[S@@](C)=O)N(C)C(=O)Nc1ccc2c(c1)Cc1ccccc1-2. The van der Waals surface area contributed by atoms with Crippen molar-refractivity contribution in [1.29, 1.82) is 0 Å². The summed E-state index contributed by atoms with van der Waals surface area (Å²) in [4.78, 5) is 14.0. The summed E-state index contributed by atoms with van der Waals surface area (Å²) in [5.41, 5.74) is 5.88. The molecule has 126 valence electrons. The van der Waals surface area contributed by atoms with Crippen molar-refractivity contribution in [3.63, 3.8) is 0 Å². The Morgan fingerprint density at radius 2 is 1.92 bits per heavy atom. The molecule has 0 saturated carbocycles. The number of carbonyl (C=O) groups excluding carboxylic acids is 1. The van der Waals surface area contributed by atoms with E-state index in [1.54, 1.807) is 18.2 Å². The van der Waals surface area contributed by atoms with E-state index < -0.39 is 10.8 Å². The molecule has 0 heterocycles. The van der Waals surface area contributed by atoms with Gasteiger partial charge in [0.25, 0.3) is 0 Å². The predicted octanol–water partition coefficient (Wildman–Crippen LogP) is 3.49. The summed E-state index contributed by atoms with van der Waals surface area (Å²) in [5, 5.41) is 2.94. The molecule has 2 aromatic rings. The van der Waals surface area contributed by atoms with Crippen molar-refractivity contribution in [2.75, 3.05) is 24.4 Å². The van der Waals surface area contributed by atoms with Crippen LogP contribution in [-0.2, 0) is 17.2 Å². The van der Waals surface area contributed by atoms with Crippen LogP contribution < -0.4 is 5.32 Å².